The van der Waals surface area contributed by atoms with Crippen LogP contribution in [0.2, 0.25) is 0 Å². The number of hydrogen-bond donors (Lipinski definition) is 1. The lowest BCUT2D eigenvalue weighted by Crippen LogP contribution is -2.13. The first-order chi connectivity index (χ1) is 8.16. The second-order valence-corrected chi connectivity index (χ2v) is 4.15. The third kappa shape index (κ3) is 2.88. The van der Waals surface area contributed by atoms with E-state index >= 15 is 0 Å². The fraction of sp³-hybridized carbons (Fsp3) is 0. The summed E-state index contributed by atoms with van der Waals surface area (Å²) in [6, 6.07) is 9.09. The van der Waals surface area contributed by atoms with E-state index < -0.39 is 5.82 Å². The maximum atomic E-state index is 12.9. The van der Waals surface area contributed by atoms with Crippen LogP contribution in [0.15, 0.2) is 47.1 Å². The highest BCUT2D eigenvalue weighted by molar-refractivity contribution is 9.10. The SMILES string of the molecule is O=C(Nc1ccccn1)c1ccc(F)cc1Br. The van der Waals surface area contributed by atoms with Crippen LogP contribution in [0.1, 0.15) is 10.4 Å². The Bertz CT molecular complexity index is 545. The summed E-state index contributed by atoms with van der Waals surface area (Å²) in [5.74, 6) is -0.282. The average Bonchev–Trinajstić information content (AvgIpc) is 2.30. The topological polar surface area (TPSA) is 42.0 Å². The van der Waals surface area contributed by atoms with Crippen molar-refractivity contribution < 1.29 is 9.18 Å². The Hall–Kier alpha value is -1.75. The fourth-order valence-corrected chi connectivity index (χ4v) is 1.82. The van der Waals surface area contributed by atoms with Crippen LogP contribution in [0.3, 0.4) is 0 Å². The molecule has 1 amide bonds. The van der Waals surface area contributed by atoms with Crippen LogP contribution < -0.4 is 5.32 Å². The van der Waals surface area contributed by atoms with Crippen molar-refractivity contribution in [3.05, 3.63) is 58.4 Å². The van der Waals surface area contributed by atoms with Crippen LogP contribution in [-0.2, 0) is 0 Å². The first-order valence-corrected chi connectivity index (χ1v) is 5.63. The van der Waals surface area contributed by atoms with Gasteiger partial charge >= 0.3 is 0 Å². The molecule has 0 aliphatic carbocycles. The van der Waals surface area contributed by atoms with E-state index in [0.717, 1.165) is 0 Å². The summed E-state index contributed by atoms with van der Waals surface area (Å²) in [5, 5.41) is 2.62. The molecular weight excluding hydrogens is 287 g/mol. The smallest absolute Gasteiger partial charge is 0.257 e. The van der Waals surface area contributed by atoms with E-state index in [1.54, 1.807) is 24.4 Å². The van der Waals surface area contributed by atoms with E-state index in [0.29, 0.717) is 15.9 Å². The van der Waals surface area contributed by atoms with Gasteiger partial charge < -0.3 is 5.32 Å². The average molecular weight is 295 g/mol. The van der Waals surface area contributed by atoms with Gasteiger partial charge in [0.2, 0.25) is 0 Å². The number of amides is 1. The number of halogens is 2. The molecule has 1 aromatic heterocycles. The second-order valence-electron chi connectivity index (χ2n) is 3.29. The molecule has 0 unspecified atom stereocenters. The number of aromatic nitrogens is 1. The van der Waals surface area contributed by atoms with Crippen molar-refractivity contribution >= 4 is 27.7 Å². The Labute approximate surface area is 106 Å². The molecule has 1 aromatic carbocycles. The number of carbonyl (C=O) groups excluding carboxylic acids is 1. The zero-order valence-electron chi connectivity index (χ0n) is 8.65. The highest BCUT2D eigenvalue weighted by Gasteiger charge is 2.11. The minimum Gasteiger partial charge on any atom is -0.307 e. The van der Waals surface area contributed by atoms with Crippen LogP contribution in [0.4, 0.5) is 10.2 Å². The Morgan fingerprint density at radius 1 is 1.29 bits per heavy atom. The minimum atomic E-state index is -0.397. The standard InChI is InChI=1S/C12H8BrFN2O/c13-10-7-8(14)4-5-9(10)12(17)16-11-3-1-2-6-15-11/h1-7H,(H,15,16,17). The molecule has 5 heteroatoms. The molecule has 86 valence electrons. The largest absolute Gasteiger partial charge is 0.307 e. The molecule has 1 heterocycles. The van der Waals surface area contributed by atoms with E-state index in [-0.39, 0.29) is 5.91 Å². The lowest BCUT2D eigenvalue weighted by Gasteiger charge is -2.05. The first-order valence-electron chi connectivity index (χ1n) is 4.84. The fourth-order valence-electron chi connectivity index (χ4n) is 1.29. The van der Waals surface area contributed by atoms with E-state index in [1.165, 1.54) is 18.2 Å². The lowest BCUT2D eigenvalue weighted by molar-refractivity contribution is 0.102. The van der Waals surface area contributed by atoms with E-state index in [9.17, 15) is 9.18 Å². The van der Waals surface area contributed by atoms with E-state index in [4.69, 9.17) is 0 Å². The van der Waals surface area contributed by atoms with Crippen LogP contribution in [-0.4, -0.2) is 10.9 Å². The van der Waals surface area contributed by atoms with Gasteiger partial charge in [-0.2, -0.15) is 0 Å². The lowest BCUT2D eigenvalue weighted by atomic mass is 10.2. The zero-order valence-corrected chi connectivity index (χ0v) is 10.2. The van der Waals surface area contributed by atoms with Crippen molar-refractivity contribution in [1.82, 2.24) is 4.98 Å². The maximum absolute atomic E-state index is 12.9. The number of pyridine rings is 1. The Kier molecular flexibility index (Phi) is 3.49. The molecule has 0 atom stereocenters. The third-order valence-electron chi connectivity index (χ3n) is 2.08. The van der Waals surface area contributed by atoms with Gasteiger partial charge in [-0.15, -0.1) is 0 Å². The van der Waals surface area contributed by atoms with Gasteiger partial charge in [0.1, 0.15) is 11.6 Å². The summed E-state index contributed by atoms with van der Waals surface area (Å²) in [7, 11) is 0. The quantitative estimate of drug-likeness (QED) is 0.924. The maximum Gasteiger partial charge on any atom is 0.257 e. The number of rotatable bonds is 2. The van der Waals surface area contributed by atoms with Crippen molar-refractivity contribution in [3.63, 3.8) is 0 Å². The predicted octanol–water partition coefficient (Wildman–Crippen LogP) is 3.24. The molecule has 0 bridgehead atoms. The molecule has 17 heavy (non-hydrogen) atoms. The van der Waals surface area contributed by atoms with Crippen LogP contribution in [0.25, 0.3) is 0 Å². The molecule has 0 saturated heterocycles. The van der Waals surface area contributed by atoms with Gasteiger partial charge in [-0.05, 0) is 46.3 Å². The number of hydrogen-bond acceptors (Lipinski definition) is 2. The van der Waals surface area contributed by atoms with E-state index in [2.05, 4.69) is 26.2 Å². The van der Waals surface area contributed by atoms with Gasteiger partial charge in [-0.3, -0.25) is 4.79 Å². The molecule has 3 nitrogen and oxygen atoms in total. The summed E-state index contributed by atoms with van der Waals surface area (Å²) in [6.07, 6.45) is 1.58. The van der Waals surface area contributed by atoms with Crippen LogP contribution in [0, 0.1) is 5.82 Å². The number of carbonyl (C=O) groups is 1. The van der Waals surface area contributed by atoms with Gasteiger partial charge in [-0.1, -0.05) is 6.07 Å². The Morgan fingerprint density at radius 3 is 2.76 bits per heavy atom. The molecule has 0 fully saturated rings. The second kappa shape index (κ2) is 5.05. The summed E-state index contributed by atoms with van der Waals surface area (Å²) in [5.41, 5.74) is 0.358. The van der Waals surface area contributed by atoms with Crippen molar-refractivity contribution in [2.75, 3.05) is 5.32 Å². The van der Waals surface area contributed by atoms with Crippen molar-refractivity contribution in [2.24, 2.45) is 0 Å². The number of nitrogens with zero attached hydrogens (tertiary/aromatic N) is 1. The molecule has 1 N–H and O–H groups in total. The Morgan fingerprint density at radius 2 is 2.12 bits per heavy atom. The zero-order chi connectivity index (χ0) is 12.3. The predicted molar refractivity (Wildman–Crippen MR) is 66.3 cm³/mol. The summed E-state index contributed by atoms with van der Waals surface area (Å²) in [6.45, 7) is 0. The molecule has 0 aliphatic heterocycles. The molecule has 2 rings (SSSR count). The number of anilines is 1. The van der Waals surface area contributed by atoms with E-state index in [1.807, 2.05) is 0 Å². The van der Waals surface area contributed by atoms with Crippen molar-refractivity contribution in [3.8, 4) is 0 Å². The number of nitrogens with one attached hydrogen (secondary N) is 1. The Balaban J connectivity index is 2.21. The van der Waals surface area contributed by atoms with Crippen LogP contribution in [0.5, 0.6) is 0 Å². The monoisotopic (exact) mass is 294 g/mol. The van der Waals surface area contributed by atoms with Gasteiger partial charge in [-0.25, -0.2) is 9.37 Å². The van der Waals surface area contributed by atoms with Gasteiger partial charge in [0.25, 0.3) is 5.91 Å². The summed E-state index contributed by atoms with van der Waals surface area (Å²) in [4.78, 5) is 15.8. The third-order valence-corrected chi connectivity index (χ3v) is 2.74. The minimum absolute atomic E-state index is 0.337. The summed E-state index contributed by atoms with van der Waals surface area (Å²) < 4.78 is 13.3. The normalized spacial score (nSPS) is 10.0. The first kappa shape index (κ1) is 11.7. The molecule has 0 radical (unpaired) electrons. The number of benzene rings is 1. The molecule has 0 aliphatic rings. The summed E-state index contributed by atoms with van der Waals surface area (Å²) >= 11 is 3.14. The van der Waals surface area contributed by atoms with Crippen molar-refractivity contribution in [1.29, 1.82) is 0 Å². The highest BCUT2D eigenvalue weighted by Crippen LogP contribution is 2.19. The van der Waals surface area contributed by atoms with Gasteiger partial charge in [0.15, 0.2) is 0 Å². The molecular formula is C12H8BrFN2O. The van der Waals surface area contributed by atoms with Gasteiger partial charge in [0.05, 0.1) is 5.56 Å². The molecule has 0 spiro atoms. The molecule has 0 saturated carbocycles. The van der Waals surface area contributed by atoms with Crippen LogP contribution >= 0.6 is 15.9 Å². The van der Waals surface area contributed by atoms with Gasteiger partial charge in [0, 0.05) is 10.7 Å². The highest BCUT2D eigenvalue weighted by atomic mass is 79.9. The van der Waals surface area contributed by atoms with Crippen molar-refractivity contribution in [2.45, 2.75) is 0 Å². The molecule has 2 aromatic rings.